The summed E-state index contributed by atoms with van der Waals surface area (Å²) in [7, 11) is 0. The van der Waals surface area contributed by atoms with Crippen molar-refractivity contribution in [1.82, 2.24) is 10.3 Å². The summed E-state index contributed by atoms with van der Waals surface area (Å²) in [5.74, 6) is 0.408. The molecule has 5 heteroatoms. The van der Waals surface area contributed by atoms with Crippen molar-refractivity contribution in [3.05, 3.63) is 54.2 Å². The molecule has 2 aromatic rings. The predicted octanol–water partition coefficient (Wildman–Crippen LogP) is 4.56. The van der Waals surface area contributed by atoms with Gasteiger partial charge in [-0.25, -0.2) is 4.98 Å². The molecule has 5 nitrogen and oxygen atoms in total. The highest BCUT2D eigenvalue weighted by molar-refractivity contribution is 5.78. The lowest BCUT2D eigenvalue weighted by atomic mass is 9.93. The molecular weight excluding hydrogens is 316 g/mol. The van der Waals surface area contributed by atoms with Crippen LogP contribution >= 0.6 is 0 Å². The van der Waals surface area contributed by atoms with Gasteiger partial charge in [-0.05, 0) is 38.0 Å². The molecule has 2 atom stereocenters. The molecule has 0 saturated heterocycles. The molecule has 1 unspecified atom stereocenters. The number of carbonyl (C=O) groups is 1. The second-order valence-electron chi connectivity index (χ2n) is 6.45. The monoisotopic (exact) mass is 342 g/mol. The number of hydrogen-bond acceptors (Lipinski definition) is 4. The highest BCUT2D eigenvalue weighted by Gasteiger charge is 2.33. The molecule has 0 aliphatic carbocycles. The van der Waals surface area contributed by atoms with E-state index in [1.807, 2.05) is 43.3 Å². The molecule has 0 saturated carbocycles. The van der Waals surface area contributed by atoms with Crippen molar-refractivity contribution in [3.63, 3.8) is 0 Å². The number of nitrogens with one attached hydrogen (secondary N) is 1. The first-order valence-electron chi connectivity index (χ1n) is 8.64. The molecule has 1 aromatic heterocycles. The Hall–Kier alpha value is -2.40. The Kier molecular flexibility index (Phi) is 6.53. The zero-order valence-electron chi connectivity index (χ0n) is 15.0. The van der Waals surface area contributed by atoms with Gasteiger partial charge in [0.1, 0.15) is 11.3 Å². The van der Waals surface area contributed by atoms with E-state index in [1.54, 1.807) is 19.2 Å². The van der Waals surface area contributed by atoms with Crippen LogP contribution in [0.2, 0.25) is 0 Å². The number of carboxylic acid groups (broad SMARTS) is 1. The Morgan fingerprint density at radius 3 is 2.56 bits per heavy atom. The zero-order chi connectivity index (χ0) is 18.3. The minimum Gasteiger partial charge on any atom is -0.480 e. The largest absolute Gasteiger partial charge is 0.480 e. The summed E-state index contributed by atoms with van der Waals surface area (Å²) < 4.78 is 5.68. The molecule has 0 spiro atoms. The van der Waals surface area contributed by atoms with Gasteiger partial charge >= 0.3 is 5.97 Å². The predicted molar refractivity (Wildman–Crippen MR) is 97.9 cm³/mol. The van der Waals surface area contributed by atoms with Crippen molar-refractivity contribution < 1.29 is 14.6 Å². The number of rotatable bonds is 9. The van der Waals surface area contributed by atoms with Gasteiger partial charge in [-0.15, -0.1) is 0 Å². The van der Waals surface area contributed by atoms with Gasteiger partial charge in [0.05, 0.1) is 0 Å². The normalized spacial score (nSPS) is 14.5. The number of ether oxygens (including phenoxy) is 1. The Morgan fingerprint density at radius 2 is 2.00 bits per heavy atom. The van der Waals surface area contributed by atoms with Crippen LogP contribution in [0.3, 0.4) is 0 Å². The van der Waals surface area contributed by atoms with E-state index in [4.69, 9.17) is 4.74 Å². The van der Waals surface area contributed by atoms with Crippen LogP contribution in [-0.4, -0.2) is 21.6 Å². The molecule has 0 bridgehead atoms. The van der Waals surface area contributed by atoms with E-state index in [0.717, 1.165) is 24.2 Å². The summed E-state index contributed by atoms with van der Waals surface area (Å²) in [4.78, 5) is 16.0. The molecule has 0 fully saturated rings. The van der Waals surface area contributed by atoms with Crippen LogP contribution in [-0.2, 0) is 4.79 Å². The third-order valence-electron chi connectivity index (χ3n) is 4.26. The standard InChI is InChI=1S/C20H26N2O3/c1-4-5-13-20(3,19(23)24)22-15(2)16-11-12-18(21-14-16)25-17-9-7-6-8-10-17/h6-12,14-15,22H,4-5,13H2,1-3H3,(H,23,24)/t15-,20?/m1/s1. The van der Waals surface area contributed by atoms with Crippen LogP contribution < -0.4 is 10.1 Å². The number of hydrogen-bond donors (Lipinski definition) is 2. The molecule has 1 aromatic carbocycles. The lowest BCUT2D eigenvalue weighted by molar-refractivity contribution is -0.144. The van der Waals surface area contributed by atoms with Crippen molar-refractivity contribution in [3.8, 4) is 11.6 Å². The van der Waals surface area contributed by atoms with Crippen LogP contribution in [0.4, 0.5) is 0 Å². The van der Waals surface area contributed by atoms with E-state index in [2.05, 4.69) is 17.2 Å². The van der Waals surface area contributed by atoms with E-state index in [1.165, 1.54) is 0 Å². The van der Waals surface area contributed by atoms with Gasteiger partial charge in [-0.3, -0.25) is 10.1 Å². The summed E-state index contributed by atoms with van der Waals surface area (Å²) in [5, 5.41) is 12.8. The van der Waals surface area contributed by atoms with Gasteiger partial charge in [0.2, 0.25) is 5.88 Å². The molecular formula is C20H26N2O3. The first-order chi connectivity index (χ1) is 11.9. The average Bonchev–Trinajstić information content (AvgIpc) is 2.61. The molecule has 1 heterocycles. The molecule has 25 heavy (non-hydrogen) atoms. The number of nitrogens with zero attached hydrogens (tertiary/aromatic N) is 1. The second-order valence-corrected chi connectivity index (χ2v) is 6.45. The van der Waals surface area contributed by atoms with Crippen LogP contribution in [0.25, 0.3) is 0 Å². The Bertz CT molecular complexity index is 673. The molecule has 0 aliphatic heterocycles. The molecule has 2 rings (SSSR count). The van der Waals surface area contributed by atoms with Crippen molar-refractivity contribution in [1.29, 1.82) is 0 Å². The fourth-order valence-corrected chi connectivity index (χ4v) is 2.65. The van der Waals surface area contributed by atoms with E-state index >= 15 is 0 Å². The van der Waals surface area contributed by atoms with E-state index in [9.17, 15) is 9.90 Å². The minimum absolute atomic E-state index is 0.128. The highest BCUT2D eigenvalue weighted by atomic mass is 16.5. The quantitative estimate of drug-likeness (QED) is 0.699. The first-order valence-corrected chi connectivity index (χ1v) is 8.64. The van der Waals surface area contributed by atoms with Crippen molar-refractivity contribution in [2.24, 2.45) is 0 Å². The van der Waals surface area contributed by atoms with Crippen molar-refractivity contribution >= 4 is 5.97 Å². The van der Waals surface area contributed by atoms with Gasteiger partial charge in [-0.1, -0.05) is 44.0 Å². The fraction of sp³-hybridized carbons (Fsp3) is 0.400. The number of aromatic nitrogens is 1. The number of benzene rings is 1. The van der Waals surface area contributed by atoms with Gasteiger partial charge in [-0.2, -0.15) is 0 Å². The highest BCUT2D eigenvalue weighted by Crippen LogP contribution is 2.23. The van der Waals surface area contributed by atoms with Crippen LogP contribution in [0, 0.1) is 0 Å². The first kappa shape index (κ1) is 18.9. The van der Waals surface area contributed by atoms with Crippen molar-refractivity contribution in [2.45, 2.75) is 51.6 Å². The lowest BCUT2D eigenvalue weighted by Gasteiger charge is -2.30. The SMILES string of the molecule is CCCCC(C)(N[C@H](C)c1ccc(Oc2ccccc2)nc1)C(=O)O. The van der Waals surface area contributed by atoms with Gasteiger partial charge in [0.25, 0.3) is 0 Å². The number of carboxylic acids is 1. The minimum atomic E-state index is -0.950. The lowest BCUT2D eigenvalue weighted by Crippen LogP contribution is -2.50. The number of para-hydroxylation sites is 1. The molecule has 0 amide bonds. The average molecular weight is 342 g/mol. The van der Waals surface area contributed by atoms with E-state index in [-0.39, 0.29) is 6.04 Å². The molecule has 0 radical (unpaired) electrons. The number of pyridine rings is 1. The summed E-state index contributed by atoms with van der Waals surface area (Å²) >= 11 is 0. The smallest absolute Gasteiger partial charge is 0.323 e. The van der Waals surface area contributed by atoms with Gasteiger partial charge in [0.15, 0.2) is 0 Å². The maximum absolute atomic E-state index is 11.7. The van der Waals surface area contributed by atoms with Crippen LogP contribution in [0.1, 0.15) is 51.6 Å². The zero-order valence-corrected chi connectivity index (χ0v) is 15.0. The maximum atomic E-state index is 11.7. The number of aliphatic carboxylic acids is 1. The van der Waals surface area contributed by atoms with Gasteiger partial charge in [0, 0.05) is 18.3 Å². The van der Waals surface area contributed by atoms with Crippen molar-refractivity contribution in [2.75, 3.05) is 0 Å². The van der Waals surface area contributed by atoms with E-state index < -0.39 is 11.5 Å². The Labute approximate surface area is 149 Å². The second kappa shape index (κ2) is 8.62. The van der Waals surface area contributed by atoms with Crippen LogP contribution in [0.15, 0.2) is 48.7 Å². The fourth-order valence-electron chi connectivity index (χ4n) is 2.65. The third-order valence-corrected chi connectivity index (χ3v) is 4.26. The summed E-state index contributed by atoms with van der Waals surface area (Å²) in [6.07, 6.45) is 4.14. The Morgan fingerprint density at radius 1 is 1.28 bits per heavy atom. The molecule has 134 valence electrons. The van der Waals surface area contributed by atoms with Gasteiger partial charge < -0.3 is 9.84 Å². The van der Waals surface area contributed by atoms with E-state index in [0.29, 0.717) is 12.3 Å². The summed E-state index contributed by atoms with van der Waals surface area (Å²) in [6, 6.07) is 13.0. The van der Waals surface area contributed by atoms with Crippen LogP contribution in [0.5, 0.6) is 11.6 Å². The molecule has 0 aliphatic rings. The summed E-state index contributed by atoms with van der Waals surface area (Å²) in [5.41, 5.74) is -0.0290. The third kappa shape index (κ3) is 5.29. The number of unbranched alkanes of at least 4 members (excludes halogenated alkanes) is 1. The summed E-state index contributed by atoms with van der Waals surface area (Å²) in [6.45, 7) is 5.74. The molecule has 2 N–H and O–H groups in total. The Balaban J connectivity index is 2.04. The topological polar surface area (TPSA) is 71.5 Å². The maximum Gasteiger partial charge on any atom is 0.323 e.